The third kappa shape index (κ3) is 2.07. The van der Waals surface area contributed by atoms with Crippen molar-refractivity contribution in [1.29, 1.82) is 0 Å². The largest absolute Gasteiger partial charge is 0.316 e. The first kappa shape index (κ1) is 13.5. The van der Waals surface area contributed by atoms with Crippen LogP contribution in [0.5, 0.6) is 0 Å². The molecule has 1 nitrogen and oxygen atoms in total. The Morgan fingerprint density at radius 1 is 1.11 bits per heavy atom. The molecule has 2 rings (SSSR count). The van der Waals surface area contributed by atoms with Gasteiger partial charge in [-0.1, -0.05) is 39.8 Å². The summed E-state index contributed by atoms with van der Waals surface area (Å²) in [4.78, 5) is 0. The molecule has 1 N–H and O–H groups in total. The first-order valence-corrected chi connectivity index (χ1v) is 6.72. The van der Waals surface area contributed by atoms with Gasteiger partial charge in [0.2, 0.25) is 0 Å². The second-order valence-corrected chi connectivity index (χ2v) is 6.65. The van der Waals surface area contributed by atoms with E-state index >= 15 is 0 Å². The Kier molecular flexibility index (Phi) is 3.26. The van der Waals surface area contributed by atoms with Crippen LogP contribution in [-0.4, -0.2) is 13.1 Å². The van der Waals surface area contributed by atoms with E-state index in [2.05, 4.69) is 33.0 Å². The first-order valence-electron chi connectivity index (χ1n) is 6.72. The number of rotatable bonds is 4. The van der Waals surface area contributed by atoms with Gasteiger partial charge >= 0.3 is 0 Å². The molecular weight excluding hydrogens is 225 g/mol. The van der Waals surface area contributed by atoms with Gasteiger partial charge in [-0.25, -0.2) is 4.39 Å². The molecule has 1 aliphatic rings. The van der Waals surface area contributed by atoms with E-state index in [-0.39, 0.29) is 5.82 Å². The highest BCUT2D eigenvalue weighted by atomic mass is 19.1. The third-order valence-electron chi connectivity index (χ3n) is 5.27. The van der Waals surface area contributed by atoms with E-state index in [0.717, 1.165) is 6.42 Å². The monoisotopic (exact) mass is 249 g/mol. The minimum atomic E-state index is -0.160. The predicted octanol–water partition coefficient (Wildman–Crippen LogP) is 3.64. The minimum Gasteiger partial charge on any atom is -0.316 e. The molecule has 0 aromatic heterocycles. The van der Waals surface area contributed by atoms with Crippen molar-refractivity contribution in [1.82, 2.24) is 5.32 Å². The number of hydrogen-bond acceptors (Lipinski definition) is 1. The molecular formula is C16H24FN. The van der Waals surface area contributed by atoms with E-state index in [0.29, 0.717) is 22.8 Å². The van der Waals surface area contributed by atoms with Crippen LogP contribution in [0.4, 0.5) is 4.39 Å². The summed E-state index contributed by atoms with van der Waals surface area (Å²) >= 11 is 0. The average molecular weight is 249 g/mol. The van der Waals surface area contributed by atoms with Gasteiger partial charge in [0.25, 0.3) is 0 Å². The maximum absolute atomic E-state index is 12.9. The lowest BCUT2D eigenvalue weighted by Crippen LogP contribution is -2.32. The van der Waals surface area contributed by atoms with Gasteiger partial charge in [0, 0.05) is 6.04 Å². The van der Waals surface area contributed by atoms with E-state index in [1.54, 1.807) is 12.1 Å². The number of hydrogen-bond donors (Lipinski definition) is 1. The van der Waals surface area contributed by atoms with E-state index in [4.69, 9.17) is 0 Å². The van der Waals surface area contributed by atoms with Crippen LogP contribution in [0.15, 0.2) is 24.3 Å². The lowest BCUT2D eigenvalue weighted by Gasteiger charge is -2.18. The van der Waals surface area contributed by atoms with Crippen molar-refractivity contribution >= 4 is 0 Å². The van der Waals surface area contributed by atoms with Crippen LogP contribution in [0.25, 0.3) is 0 Å². The van der Waals surface area contributed by atoms with Crippen LogP contribution in [0, 0.1) is 22.6 Å². The fourth-order valence-corrected chi connectivity index (χ4v) is 3.51. The summed E-state index contributed by atoms with van der Waals surface area (Å²) in [5, 5.41) is 3.44. The molecule has 0 spiro atoms. The molecule has 1 aromatic carbocycles. The fraction of sp³-hybridized carbons (Fsp3) is 0.625. The van der Waals surface area contributed by atoms with Crippen molar-refractivity contribution in [2.45, 2.75) is 40.2 Å². The van der Waals surface area contributed by atoms with Gasteiger partial charge in [-0.3, -0.25) is 0 Å². The average Bonchev–Trinajstić information content (AvgIpc) is 2.70. The highest BCUT2D eigenvalue weighted by Gasteiger charge is 2.66. The highest BCUT2D eigenvalue weighted by molar-refractivity contribution is 5.22. The van der Waals surface area contributed by atoms with Crippen LogP contribution in [0.1, 0.15) is 33.3 Å². The van der Waals surface area contributed by atoms with Gasteiger partial charge in [-0.15, -0.1) is 0 Å². The van der Waals surface area contributed by atoms with Crippen LogP contribution in [0.2, 0.25) is 0 Å². The van der Waals surface area contributed by atoms with E-state index in [9.17, 15) is 4.39 Å². The Morgan fingerprint density at radius 3 is 2.00 bits per heavy atom. The smallest absolute Gasteiger partial charge is 0.123 e. The SMILES string of the molecule is CNC(Cc1ccc(F)cc1)C1C(C)(C)C1(C)C. The molecule has 0 bridgehead atoms. The number of benzene rings is 1. The second kappa shape index (κ2) is 4.34. The van der Waals surface area contributed by atoms with Gasteiger partial charge in [0.1, 0.15) is 5.82 Å². The molecule has 1 aromatic rings. The molecule has 0 aliphatic heterocycles. The molecule has 100 valence electrons. The lowest BCUT2D eigenvalue weighted by atomic mass is 9.97. The summed E-state index contributed by atoms with van der Waals surface area (Å²) in [7, 11) is 2.03. The molecule has 1 fully saturated rings. The zero-order valence-electron chi connectivity index (χ0n) is 12.0. The molecule has 1 atom stereocenters. The quantitative estimate of drug-likeness (QED) is 0.859. The molecule has 0 radical (unpaired) electrons. The van der Waals surface area contributed by atoms with Gasteiger partial charge < -0.3 is 5.32 Å². The van der Waals surface area contributed by atoms with Crippen molar-refractivity contribution in [3.8, 4) is 0 Å². The maximum atomic E-state index is 12.9. The molecule has 1 unspecified atom stereocenters. The Labute approximate surface area is 110 Å². The zero-order valence-corrected chi connectivity index (χ0v) is 12.0. The Hall–Kier alpha value is -0.890. The fourth-order valence-electron chi connectivity index (χ4n) is 3.51. The Bertz CT molecular complexity index is 405. The van der Waals surface area contributed by atoms with Gasteiger partial charge in [-0.05, 0) is 47.9 Å². The highest BCUT2D eigenvalue weighted by Crippen LogP contribution is 2.69. The molecule has 18 heavy (non-hydrogen) atoms. The molecule has 1 saturated carbocycles. The van der Waals surface area contributed by atoms with Crippen LogP contribution in [0.3, 0.4) is 0 Å². The predicted molar refractivity (Wildman–Crippen MR) is 74.0 cm³/mol. The normalized spacial score (nSPS) is 22.8. The molecule has 0 saturated heterocycles. The van der Waals surface area contributed by atoms with Crippen molar-refractivity contribution in [3.05, 3.63) is 35.6 Å². The number of halogens is 1. The van der Waals surface area contributed by atoms with Crippen molar-refractivity contribution in [3.63, 3.8) is 0 Å². The number of likely N-dealkylation sites (N-methyl/N-ethyl adjacent to an activating group) is 1. The summed E-state index contributed by atoms with van der Waals surface area (Å²) in [5.74, 6) is 0.506. The van der Waals surface area contributed by atoms with Gasteiger partial charge in [0.15, 0.2) is 0 Å². The first-order chi connectivity index (χ1) is 8.30. The molecule has 1 aliphatic carbocycles. The van der Waals surface area contributed by atoms with Gasteiger partial charge in [0.05, 0.1) is 0 Å². The third-order valence-corrected chi connectivity index (χ3v) is 5.27. The maximum Gasteiger partial charge on any atom is 0.123 e. The van der Waals surface area contributed by atoms with Gasteiger partial charge in [-0.2, -0.15) is 0 Å². The van der Waals surface area contributed by atoms with Crippen molar-refractivity contribution in [2.75, 3.05) is 7.05 Å². The standard InChI is InChI=1S/C16H24FN/c1-15(2)14(16(15,3)4)13(18-5)10-11-6-8-12(17)9-7-11/h6-9,13-14,18H,10H2,1-5H3. The summed E-state index contributed by atoms with van der Waals surface area (Å²) in [5.41, 5.74) is 1.95. The molecule has 0 amide bonds. The Morgan fingerprint density at radius 2 is 1.61 bits per heavy atom. The van der Waals surface area contributed by atoms with E-state index in [1.807, 2.05) is 19.2 Å². The van der Waals surface area contributed by atoms with Crippen LogP contribution >= 0.6 is 0 Å². The lowest BCUT2D eigenvalue weighted by molar-refractivity contribution is 0.421. The molecule has 0 heterocycles. The zero-order chi connectivity index (χ0) is 13.6. The molecule has 2 heteroatoms. The summed E-state index contributed by atoms with van der Waals surface area (Å²) < 4.78 is 12.9. The second-order valence-electron chi connectivity index (χ2n) is 6.65. The van der Waals surface area contributed by atoms with Crippen molar-refractivity contribution in [2.24, 2.45) is 16.7 Å². The van der Waals surface area contributed by atoms with E-state index < -0.39 is 0 Å². The summed E-state index contributed by atoms with van der Waals surface area (Å²) in [6, 6.07) is 7.33. The van der Waals surface area contributed by atoms with Crippen LogP contribution < -0.4 is 5.32 Å². The summed E-state index contributed by atoms with van der Waals surface area (Å²) in [6.45, 7) is 9.36. The summed E-state index contributed by atoms with van der Waals surface area (Å²) in [6.07, 6.45) is 0.967. The van der Waals surface area contributed by atoms with Crippen LogP contribution in [-0.2, 0) is 6.42 Å². The van der Waals surface area contributed by atoms with Crippen molar-refractivity contribution < 1.29 is 4.39 Å². The topological polar surface area (TPSA) is 12.0 Å². The number of nitrogens with one attached hydrogen (secondary N) is 1. The van der Waals surface area contributed by atoms with E-state index in [1.165, 1.54) is 5.56 Å². The Balaban J connectivity index is 2.10. The minimum absolute atomic E-state index is 0.160.